The molecule has 1 aliphatic rings. The number of ether oxygens (including phenoxy) is 3. The first kappa shape index (κ1) is 31.1. The Kier molecular flexibility index (Phi) is 9.05. The molecule has 4 atom stereocenters. The number of nitrogens with zero attached hydrogens (tertiary/aromatic N) is 1. The molecule has 10 nitrogen and oxygen atoms in total. The van der Waals surface area contributed by atoms with E-state index in [1.807, 2.05) is 36.4 Å². The molecule has 1 aromatic heterocycles. The maximum Gasteiger partial charge on any atom is 0.330 e. The van der Waals surface area contributed by atoms with Crippen LogP contribution in [0, 0.1) is 5.41 Å². The van der Waals surface area contributed by atoms with Crippen molar-refractivity contribution in [1.82, 2.24) is 9.55 Å². The van der Waals surface area contributed by atoms with Crippen LogP contribution >= 0.6 is 0 Å². The summed E-state index contributed by atoms with van der Waals surface area (Å²) in [5.41, 5.74) is -2.43. The maximum absolute atomic E-state index is 12.8. The Labute approximate surface area is 245 Å². The van der Waals surface area contributed by atoms with E-state index >= 15 is 0 Å². The molecule has 1 fully saturated rings. The zero-order chi connectivity index (χ0) is 30.7. The second-order valence-electron chi connectivity index (χ2n) is 11.8. The van der Waals surface area contributed by atoms with Crippen LogP contribution in [0.1, 0.15) is 47.8 Å². The van der Waals surface area contributed by atoms with Crippen LogP contribution in [0.25, 0.3) is 0 Å². The minimum atomic E-state index is -3.01. The average molecular weight is 595 g/mol. The normalized spacial score (nSPS) is 22.5. The van der Waals surface area contributed by atoms with Gasteiger partial charge in [-0.3, -0.25) is 23.9 Å². The van der Waals surface area contributed by atoms with Gasteiger partial charge in [-0.05, 0) is 22.3 Å². The second-order valence-corrected chi connectivity index (χ2v) is 16.1. The zero-order valence-corrected chi connectivity index (χ0v) is 25.8. The van der Waals surface area contributed by atoms with Crippen molar-refractivity contribution in [1.29, 1.82) is 0 Å². The summed E-state index contributed by atoms with van der Waals surface area (Å²) in [6, 6.07) is 21.3. The smallest absolute Gasteiger partial charge is 0.330 e. The van der Waals surface area contributed by atoms with Crippen molar-refractivity contribution in [2.24, 2.45) is 5.41 Å². The number of aromatic nitrogens is 2. The number of carbonyl (C=O) groups excluding carboxylic acids is 2. The van der Waals surface area contributed by atoms with Gasteiger partial charge in [0.2, 0.25) is 0 Å². The number of rotatable bonds is 9. The van der Waals surface area contributed by atoms with Gasteiger partial charge in [-0.25, -0.2) is 4.79 Å². The van der Waals surface area contributed by atoms with Crippen LogP contribution in [-0.4, -0.2) is 55.2 Å². The molecule has 4 rings (SSSR count). The van der Waals surface area contributed by atoms with Gasteiger partial charge in [0, 0.05) is 26.1 Å². The highest BCUT2D eigenvalue weighted by atomic mass is 28.4. The lowest BCUT2D eigenvalue weighted by atomic mass is 9.81. The molecule has 0 aliphatic carbocycles. The average Bonchev–Trinajstić information content (AvgIpc) is 3.19. The standard InChI is InChI=1S/C31H38N2O8Si/c1-21(34)38-20-31(6)25(41-28(27(31)40-22(2)35)33-18-17-26(36)32-29(33)37)19-39-42(30(3,4)5,23-13-9-7-10-14-23)24-15-11-8-12-16-24/h7-18,25,27-28H,19-20H2,1-6H3,(H,32,36,37)/t25-,27+,28-,31-/m1/s1. The minimum absolute atomic E-state index is 0.0391. The number of esters is 2. The van der Waals surface area contributed by atoms with Crippen molar-refractivity contribution >= 4 is 30.6 Å². The van der Waals surface area contributed by atoms with E-state index in [0.717, 1.165) is 10.4 Å². The maximum atomic E-state index is 12.8. The van der Waals surface area contributed by atoms with Crippen molar-refractivity contribution in [3.63, 3.8) is 0 Å². The van der Waals surface area contributed by atoms with Crippen molar-refractivity contribution in [3.8, 4) is 0 Å². The molecule has 1 N–H and O–H groups in total. The Bertz CT molecular complexity index is 1480. The van der Waals surface area contributed by atoms with Crippen LogP contribution in [-0.2, 0) is 28.2 Å². The van der Waals surface area contributed by atoms with Gasteiger partial charge in [0.25, 0.3) is 13.9 Å². The zero-order valence-electron chi connectivity index (χ0n) is 24.8. The molecular formula is C31H38N2O8Si. The number of aromatic amines is 1. The summed E-state index contributed by atoms with van der Waals surface area (Å²) in [5, 5.41) is 1.80. The Morgan fingerprint density at radius 3 is 2.00 bits per heavy atom. The first-order valence-corrected chi connectivity index (χ1v) is 15.7. The predicted octanol–water partition coefficient (Wildman–Crippen LogP) is 2.51. The minimum Gasteiger partial charge on any atom is -0.465 e. The lowest BCUT2D eigenvalue weighted by Gasteiger charge is -2.44. The van der Waals surface area contributed by atoms with Gasteiger partial charge in [0.15, 0.2) is 12.3 Å². The lowest BCUT2D eigenvalue weighted by molar-refractivity contribution is -0.161. The van der Waals surface area contributed by atoms with Crippen molar-refractivity contribution < 1.29 is 28.2 Å². The molecule has 0 spiro atoms. The van der Waals surface area contributed by atoms with E-state index in [4.69, 9.17) is 18.6 Å². The van der Waals surface area contributed by atoms with E-state index in [-0.39, 0.29) is 18.3 Å². The van der Waals surface area contributed by atoms with Gasteiger partial charge in [0.05, 0.1) is 18.1 Å². The highest BCUT2D eigenvalue weighted by Gasteiger charge is 2.59. The summed E-state index contributed by atoms with van der Waals surface area (Å²) >= 11 is 0. The van der Waals surface area contributed by atoms with Gasteiger partial charge >= 0.3 is 17.6 Å². The molecular weight excluding hydrogens is 556 g/mol. The fraction of sp³-hybridized carbons (Fsp3) is 0.419. The van der Waals surface area contributed by atoms with E-state index < -0.39 is 55.4 Å². The first-order valence-electron chi connectivity index (χ1n) is 13.8. The number of carbonyl (C=O) groups is 2. The van der Waals surface area contributed by atoms with Gasteiger partial charge < -0.3 is 18.6 Å². The van der Waals surface area contributed by atoms with Crippen molar-refractivity contribution in [2.75, 3.05) is 13.2 Å². The molecule has 0 amide bonds. The summed E-state index contributed by atoms with van der Waals surface area (Å²) in [5.74, 6) is -1.12. The Morgan fingerprint density at radius 2 is 1.52 bits per heavy atom. The summed E-state index contributed by atoms with van der Waals surface area (Å²) in [6.45, 7) is 10.6. The SMILES string of the molecule is CC(=O)OC[C@]1(C)[C@@H](CO[Si](c2ccccc2)(c2ccccc2)C(C)(C)C)O[C@@H](n2ccc(=O)[nH]c2=O)[C@@H]1OC(C)=O. The van der Waals surface area contributed by atoms with Crippen LogP contribution < -0.4 is 21.6 Å². The third-order valence-electron chi connectivity index (χ3n) is 7.82. The van der Waals surface area contributed by atoms with E-state index in [2.05, 4.69) is 50.0 Å². The fourth-order valence-corrected chi connectivity index (χ4v) is 10.3. The molecule has 224 valence electrons. The third kappa shape index (κ3) is 6.04. The number of hydrogen-bond donors (Lipinski definition) is 1. The monoisotopic (exact) mass is 594 g/mol. The van der Waals surface area contributed by atoms with Crippen LogP contribution in [0.2, 0.25) is 5.04 Å². The molecule has 3 aromatic rings. The van der Waals surface area contributed by atoms with E-state index in [1.54, 1.807) is 6.92 Å². The quantitative estimate of drug-likeness (QED) is 0.296. The second kappa shape index (κ2) is 12.2. The third-order valence-corrected chi connectivity index (χ3v) is 12.8. The Hall–Kier alpha value is -3.80. The summed E-state index contributed by atoms with van der Waals surface area (Å²) < 4.78 is 26.0. The Morgan fingerprint density at radius 1 is 0.952 bits per heavy atom. The molecule has 0 unspecified atom stereocenters. The molecule has 0 bridgehead atoms. The van der Waals surface area contributed by atoms with Gasteiger partial charge in [0.1, 0.15) is 6.61 Å². The lowest BCUT2D eigenvalue weighted by Crippen LogP contribution is -2.67. The molecule has 2 heterocycles. The Balaban J connectivity index is 1.83. The number of nitrogens with one attached hydrogen (secondary N) is 1. The van der Waals surface area contributed by atoms with Crippen LogP contribution in [0.5, 0.6) is 0 Å². The van der Waals surface area contributed by atoms with E-state index in [1.165, 1.54) is 30.7 Å². The fourth-order valence-electron chi connectivity index (χ4n) is 5.74. The summed E-state index contributed by atoms with van der Waals surface area (Å²) in [4.78, 5) is 51.1. The molecule has 2 aromatic carbocycles. The number of hydrogen-bond acceptors (Lipinski definition) is 8. The highest BCUT2D eigenvalue weighted by molar-refractivity contribution is 6.99. The molecule has 11 heteroatoms. The number of benzene rings is 2. The molecule has 0 radical (unpaired) electrons. The van der Waals surface area contributed by atoms with Crippen LogP contribution in [0.3, 0.4) is 0 Å². The van der Waals surface area contributed by atoms with E-state index in [0.29, 0.717) is 0 Å². The predicted molar refractivity (Wildman–Crippen MR) is 159 cm³/mol. The molecule has 0 saturated carbocycles. The summed E-state index contributed by atoms with van der Waals surface area (Å²) in [6.07, 6.45) is -1.66. The molecule has 1 saturated heterocycles. The van der Waals surface area contributed by atoms with Gasteiger partial charge in [-0.15, -0.1) is 0 Å². The first-order chi connectivity index (χ1) is 19.8. The molecule has 1 aliphatic heterocycles. The van der Waals surface area contributed by atoms with Crippen LogP contribution in [0.15, 0.2) is 82.5 Å². The van der Waals surface area contributed by atoms with Crippen molar-refractivity contribution in [3.05, 3.63) is 93.8 Å². The van der Waals surface area contributed by atoms with Crippen molar-refractivity contribution in [2.45, 2.75) is 65.0 Å². The topological polar surface area (TPSA) is 126 Å². The van der Waals surface area contributed by atoms with Gasteiger partial charge in [-0.2, -0.15) is 0 Å². The summed E-state index contributed by atoms with van der Waals surface area (Å²) in [7, 11) is -3.01. The largest absolute Gasteiger partial charge is 0.465 e. The van der Waals surface area contributed by atoms with Gasteiger partial charge in [-0.1, -0.05) is 81.4 Å². The van der Waals surface area contributed by atoms with Crippen LogP contribution in [0.4, 0.5) is 0 Å². The number of H-pyrrole nitrogens is 1. The molecule has 42 heavy (non-hydrogen) atoms. The van der Waals surface area contributed by atoms with E-state index in [9.17, 15) is 19.2 Å². The highest BCUT2D eigenvalue weighted by Crippen LogP contribution is 2.47.